The van der Waals surface area contributed by atoms with Crippen molar-refractivity contribution in [1.82, 2.24) is 4.98 Å². The number of thiazole rings is 1. The van der Waals surface area contributed by atoms with E-state index in [-0.39, 0.29) is 11.8 Å². The van der Waals surface area contributed by atoms with Gasteiger partial charge in [-0.05, 0) is 18.2 Å². The van der Waals surface area contributed by atoms with Gasteiger partial charge in [0.2, 0.25) is 5.91 Å². The summed E-state index contributed by atoms with van der Waals surface area (Å²) in [7, 11) is 0. The molecular weight excluding hydrogens is 394 g/mol. The van der Waals surface area contributed by atoms with Gasteiger partial charge in [-0.15, -0.1) is 11.3 Å². The molecule has 0 spiro atoms. The van der Waals surface area contributed by atoms with Crippen LogP contribution in [0.15, 0.2) is 84.9 Å². The molecule has 1 aromatic heterocycles. The van der Waals surface area contributed by atoms with Crippen LogP contribution in [0.1, 0.15) is 16.6 Å². The molecule has 0 saturated carbocycles. The fourth-order valence-corrected chi connectivity index (χ4v) is 4.02. The molecule has 3 aromatic carbocycles. The molecule has 4 aromatic rings. The quantitative estimate of drug-likeness (QED) is 0.442. The second-order valence-corrected chi connectivity index (χ2v) is 7.64. The summed E-state index contributed by atoms with van der Waals surface area (Å²) in [4.78, 5) is 29.8. The number of amides is 2. The second kappa shape index (κ2) is 8.71. The van der Waals surface area contributed by atoms with Gasteiger partial charge in [0.15, 0.2) is 0 Å². The van der Waals surface area contributed by atoms with Crippen LogP contribution < -0.4 is 10.6 Å². The molecule has 5 nitrogen and oxygen atoms in total. The summed E-state index contributed by atoms with van der Waals surface area (Å²) in [6.45, 7) is 1.44. The molecule has 1 heterocycles. The van der Waals surface area contributed by atoms with Gasteiger partial charge in [0.1, 0.15) is 9.88 Å². The average molecular weight is 414 g/mol. The van der Waals surface area contributed by atoms with E-state index >= 15 is 0 Å². The van der Waals surface area contributed by atoms with Crippen molar-refractivity contribution < 1.29 is 9.59 Å². The van der Waals surface area contributed by atoms with Crippen molar-refractivity contribution in [2.24, 2.45) is 0 Å². The highest BCUT2D eigenvalue weighted by molar-refractivity contribution is 7.17. The number of carbonyl (C=O) groups excluding carboxylic acids is 2. The highest BCUT2D eigenvalue weighted by Gasteiger charge is 2.20. The van der Waals surface area contributed by atoms with Gasteiger partial charge in [-0.25, -0.2) is 4.98 Å². The Labute approximate surface area is 178 Å². The van der Waals surface area contributed by atoms with Crippen molar-refractivity contribution in [1.29, 1.82) is 0 Å². The Kier molecular flexibility index (Phi) is 5.68. The van der Waals surface area contributed by atoms with Crippen molar-refractivity contribution in [2.75, 3.05) is 10.6 Å². The molecule has 6 heteroatoms. The van der Waals surface area contributed by atoms with Crippen LogP contribution in [-0.2, 0) is 4.79 Å². The average Bonchev–Trinajstić information content (AvgIpc) is 3.21. The summed E-state index contributed by atoms with van der Waals surface area (Å²) in [5, 5.41) is 6.43. The maximum absolute atomic E-state index is 13.2. The third-order valence-corrected chi connectivity index (χ3v) is 5.45. The first-order valence-corrected chi connectivity index (χ1v) is 10.2. The van der Waals surface area contributed by atoms with Crippen molar-refractivity contribution in [3.8, 4) is 21.8 Å². The predicted molar refractivity (Wildman–Crippen MR) is 122 cm³/mol. The van der Waals surface area contributed by atoms with Gasteiger partial charge < -0.3 is 10.6 Å². The number of nitrogens with zero attached hydrogens (tertiary/aromatic N) is 1. The molecule has 0 aliphatic carbocycles. The lowest BCUT2D eigenvalue weighted by Gasteiger charge is -2.08. The van der Waals surface area contributed by atoms with Crippen molar-refractivity contribution >= 4 is 34.5 Å². The van der Waals surface area contributed by atoms with Crippen molar-refractivity contribution in [2.45, 2.75) is 6.92 Å². The SMILES string of the molecule is CC(=O)Nc1cccc(NC(=O)c2sc(-c3ccccc3)nc2-c2ccccc2)c1. The molecule has 0 unspecified atom stereocenters. The molecule has 0 aliphatic rings. The number of hydrogen-bond acceptors (Lipinski definition) is 4. The van der Waals surface area contributed by atoms with Crippen LogP contribution in [0.25, 0.3) is 21.8 Å². The van der Waals surface area contributed by atoms with Crippen LogP contribution >= 0.6 is 11.3 Å². The molecule has 2 N–H and O–H groups in total. The Morgan fingerprint density at radius 3 is 2.00 bits per heavy atom. The van der Waals surface area contributed by atoms with Crippen LogP contribution in [0.5, 0.6) is 0 Å². The molecule has 0 bridgehead atoms. The van der Waals surface area contributed by atoms with E-state index in [1.165, 1.54) is 18.3 Å². The lowest BCUT2D eigenvalue weighted by molar-refractivity contribution is -0.114. The zero-order valence-corrected chi connectivity index (χ0v) is 17.1. The Balaban J connectivity index is 1.69. The lowest BCUT2D eigenvalue weighted by atomic mass is 10.1. The number of rotatable bonds is 5. The number of aromatic nitrogens is 1. The van der Waals surface area contributed by atoms with Crippen LogP contribution in [0.3, 0.4) is 0 Å². The number of carbonyl (C=O) groups is 2. The minimum atomic E-state index is -0.242. The van der Waals surface area contributed by atoms with Gasteiger partial charge in [-0.3, -0.25) is 9.59 Å². The first-order chi connectivity index (χ1) is 14.6. The van der Waals surface area contributed by atoms with Crippen LogP contribution in [0, 0.1) is 0 Å². The highest BCUT2D eigenvalue weighted by Crippen LogP contribution is 2.34. The van der Waals surface area contributed by atoms with Crippen LogP contribution in [0.2, 0.25) is 0 Å². The van der Waals surface area contributed by atoms with E-state index in [0.29, 0.717) is 21.9 Å². The maximum Gasteiger partial charge on any atom is 0.268 e. The number of nitrogens with one attached hydrogen (secondary N) is 2. The summed E-state index contributed by atoms with van der Waals surface area (Å²) in [5.74, 6) is -0.409. The summed E-state index contributed by atoms with van der Waals surface area (Å²) >= 11 is 1.36. The third kappa shape index (κ3) is 4.45. The van der Waals surface area contributed by atoms with Crippen molar-refractivity contribution in [3.05, 3.63) is 89.8 Å². The minimum absolute atomic E-state index is 0.167. The highest BCUT2D eigenvalue weighted by atomic mass is 32.1. The van der Waals surface area contributed by atoms with Gasteiger partial charge in [-0.1, -0.05) is 66.7 Å². The number of hydrogen-bond donors (Lipinski definition) is 2. The minimum Gasteiger partial charge on any atom is -0.326 e. The first-order valence-electron chi connectivity index (χ1n) is 9.41. The Bertz CT molecular complexity index is 1190. The summed E-state index contributed by atoms with van der Waals surface area (Å²) in [6, 6.07) is 26.5. The van der Waals surface area contributed by atoms with E-state index in [2.05, 4.69) is 10.6 Å². The van der Waals surface area contributed by atoms with Gasteiger partial charge >= 0.3 is 0 Å². The van der Waals surface area contributed by atoms with Crippen LogP contribution in [0.4, 0.5) is 11.4 Å². The third-order valence-electron chi connectivity index (χ3n) is 4.34. The zero-order chi connectivity index (χ0) is 20.9. The first kappa shape index (κ1) is 19.5. The molecule has 4 rings (SSSR count). The fraction of sp³-hybridized carbons (Fsp3) is 0.0417. The van der Waals surface area contributed by atoms with E-state index in [1.54, 1.807) is 24.3 Å². The topological polar surface area (TPSA) is 71.1 Å². The summed E-state index contributed by atoms with van der Waals surface area (Å²) < 4.78 is 0. The molecule has 148 valence electrons. The molecule has 0 fully saturated rings. The Morgan fingerprint density at radius 2 is 1.37 bits per heavy atom. The van der Waals surface area contributed by atoms with E-state index in [4.69, 9.17) is 4.98 Å². The Hall–Kier alpha value is -3.77. The standard InChI is InChI=1S/C24H19N3O2S/c1-16(28)25-19-13-8-14-20(15-19)26-23(29)22-21(17-9-4-2-5-10-17)27-24(30-22)18-11-6-3-7-12-18/h2-15H,1H3,(H,25,28)(H,26,29). The van der Waals surface area contributed by atoms with Gasteiger partial charge in [-0.2, -0.15) is 0 Å². The predicted octanol–water partition coefficient (Wildman–Crippen LogP) is 5.69. The summed E-state index contributed by atoms with van der Waals surface area (Å²) in [6.07, 6.45) is 0. The lowest BCUT2D eigenvalue weighted by Crippen LogP contribution is -2.12. The molecule has 0 atom stereocenters. The second-order valence-electron chi connectivity index (χ2n) is 6.64. The molecule has 0 radical (unpaired) electrons. The molecule has 0 saturated heterocycles. The van der Waals surface area contributed by atoms with Gasteiger partial charge in [0.05, 0.1) is 5.69 Å². The van der Waals surface area contributed by atoms with E-state index in [1.807, 2.05) is 60.7 Å². The molecular formula is C24H19N3O2S. The van der Waals surface area contributed by atoms with E-state index < -0.39 is 0 Å². The smallest absolute Gasteiger partial charge is 0.268 e. The van der Waals surface area contributed by atoms with Crippen molar-refractivity contribution in [3.63, 3.8) is 0 Å². The molecule has 30 heavy (non-hydrogen) atoms. The van der Waals surface area contributed by atoms with Gasteiger partial charge in [0.25, 0.3) is 5.91 Å². The number of anilines is 2. The fourth-order valence-electron chi connectivity index (χ4n) is 3.04. The van der Waals surface area contributed by atoms with Gasteiger partial charge in [0, 0.05) is 29.4 Å². The molecule has 2 amide bonds. The number of benzene rings is 3. The van der Waals surface area contributed by atoms with E-state index in [9.17, 15) is 9.59 Å². The maximum atomic E-state index is 13.2. The van der Waals surface area contributed by atoms with Crippen LogP contribution in [-0.4, -0.2) is 16.8 Å². The monoisotopic (exact) mass is 413 g/mol. The Morgan fingerprint density at radius 1 is 0.767 bits per heavy atom. The van der Waals surface area contributed by atoms with E-state index in [0.717, 1.165) is 16.1 Å². The largest absolute Gasteiger partial charge is 0.326 e. The zero-order valence-electron chi connectivity index (χ0n) is 16.3. The normalized spacial score (nSPS) is 10.4. The summed E-state index contributed by atoms with van der Waals surface area (Å²) in [5.41, 5.74) is 3.72. The molecule has 0 aliphatic heterocycles.